The zero-order valence-electron chi connectivity index (χ0n) is 10.5. The summed E-state index contributed by atoms with van der Waals surface area (Å²) >= 11 is 0. The van der Waals surface area contributed by atoms with Crippen LogP contribution in [-0.2, 0) is 11.3 Å². The number of hydrogen-bond acceptors (Lipinski definition) is 4. The van der Waals surface area contributed by atoms with Gasteiger partial charge in [-0.05, 0) is 18.8 Å². The van der Waals surface area contributed by atoms with Crippen molar-refractivity contribution in [3.63, 3.8) is 0 Å². The number of nitrogens with zero attached hydrogens (tertiary/aromatic N) is 2. The maximum atomic E-state index is 11.7. The number of aromatic nitrogens is 2. The van der Waals surface area contributed by atoms with E-state index >= 15 is 0 Å². The van der Waals surface area contributed by atoms with Gasteiger partial charge >= 0.3 is 0 Å². The molecule has 6 heteroatoms. The van der Waals surface area contributed by atoms with E-state index in [0.29, 0.717) is 31.9 Å². The third-order valence-electron chi connectivity index (χ3n) is 2.84. The van der Waals surface area contributed by atoms with E-state index < -0.39 is 0 Å². The van der Waals surface area contributed by atoms with Gasteiger partial charge in [-0.15, -0.1) is 0 Å². The molecule has 0 spiro atoms. The highest BCUT2D eigenvalue weighted by Crippen LogP contribution is 2.28. The number of ether oxygens (including phenoxy) is 1. The van der Waals surface area contributed by atoms with Gasteiger partial charge in [0.2, 0.25) is 0 Å². The van der Waals surface area contributed by atoms with Crippen LogP contribution in [0.15, 0.2) is 12.5 Å². The third kappa shape index (κ3) is 4.12. The Kier molecular flexibility index (Phi) is 4.72. The van der Waals surface area contributed by atoms with Crippen LogP contribution in [0.3, 0.4) is 0 Å². The molecule has 1 aliphatic rings. The number of hydrogen-bond donors (Lipinski definition) is 2. The molecule has 1 aliphatic carbocycles. The maximum absolute atomic E-state index is 11.7. The van der Waals surface area contributed by atoms with Crippen LogP contribution in [0, 0.1) is 5.92 Å². The summed E-state index contributed by atoms with van der Waals surface area (Å²) < 4.78 is 7.23. The second kappa shape index (κ2) is 6.51. The number of amides is 1. The highest BCUT2D eigenvalue weighted by Gasteiger charge is 2.20. The van der Waals surface area contributed by atoms with Gasteiger partial charge in [0.1, 0.15) is 5.69 Å². The molecular formula is C12H20N4O2. The van der Waals surface area contributed by atoms with Crippen LogP contribution >= 0.6 is 0 Å². The van der Waals surface area contributed by atoms with Crippen LogP contribution in [0.4, 0.5) is 0 Å². The summed E-state index contributed by atoms with van der Waals surface area (Å²) in [7, 11) is 0. The molecule has 18 heavy (non-hydrogen) atoms. The quantitative estimate of drug-likeness (QED) is 0.638. The van der Waals surface area contributed by atoms with Crippen molar-refractivity contribution in [2.45, 2.75) is 19.4 Å². The molecule has 0 unspecified atom stereocenters. The van der Waals surface area contributed by atoms with Crippen molar-refractivity contribution in [1.29, 1.82) is 0 Å². The minimum absolute atomic E-state index is 0.166. The van der Waals surface area contributed by atoms with Crippen LogP contribution in [0.25, 0.3) is 0 Å². The first kappa shape index (κ1) is 13.0. The number of carbonyl (C=O) groups excluding carboxylic acids is 1. The van der Waals surface area contributed by atoms with Crippen LogP contribution in [0.2, 0.25) is 0 Å². The predicted octanol–water partition coefficient (Wildman–Crippen LogP) is -0.00180. The molecule has 1 fully saturated rings. The zero-order chi connectivity index (χ0) is 12.8. The smallest absolute Gasteiger partial charge is 0.271 e. The second-order valence-corrected chi connectivity index (χ2v) is 4.56. The Hall–Kier alpha value is -1.40. The minimum atomic E-state index is -0.166. The third-order valence-corrected chi connectivity index (χ3v) is 2.84. The molecule has 1 aromatic rings. The molecule has 6 nitrogen and oxygen atoms in total. The Bertz CT molecular complexity index is 387. The Morgan fingerprint density at radius 2 is 2.44 bits per heavy atom. The normalized spacial score (nSPS) is 14.7. The number of nitrogens with one attached hydrogen (secondary N) is 1. The summed E-state index contributed by atoms with van der Waals surface area (Å²) in [5.41, 5.74) is 5.85. The molecule has 1 aromatic heterocycles. The van der Waals surface area contributed by atoms with E-state index in [1.807, 2.05) is 0 Å². The van der Waals surface area contributed by atoms with E-state index in [2.05, 4.69) is 10.3 Å². The Morgan fingerprint density at radius 1 is 1.61 bits per heavy atom. The average molecular weight is 252 g/mol. The number of imidazole rings is 1. The lowest BCUT2D eigenvalue weighted by atomic mass is 10.4. The lowest BCUT2D eigenvalue weighted by Gasteiger charge is -2.04. The SMILES string of the molecule is NCCn1cnc(C(=O)NCCOCC2CC2)c1. The summed E-state index contributed by atoms with van der Waals surface area (Å²) in [5, 5.41) is 2.78. The summed E-state index contributed by atoms with van der Waals surface area (Å²) in [6.07, 6.45) is 5.88. The zero-order valence-corrected chi connectivity index (χ0v) is 10.5. The summed E-state index contributed by atoms with van der Waals surface area (Å²) in [5.74, 6) is 0.591. The van der Waals surface area contributed by atoms with Gasteiger partial charge in [0.25, 0.3) is 5.91 Å². The molecule has 0 radical (unpaired) electrons. The predicted molar refractivity (Wildman–Crippen MR) is 67.2 cm³/mol. The summed E-state index contributed by atoms with van der Waals surface area (Å²) in [6.45, 7) is 3.11. The Balaban J connectivity index is 1.62. The van der Waals surface area contributed by atoms with Gasteiger partial charge < -0.3 is 20.4 Å². The highest BCUT2D eigenvalue weighted by molar-refractivity contribution is 5.91. The molecule has 100 valence electrons. The van der Waals surface area contributed by atoms with Gasteiger partial charge in [0.15, 0.2) is 0 Å². The van der Waals surface area contributed by atoms with Crippen molar-refractivity contribution < 1.29 is 9.53 Å². The molecule has 0 saturated heterocycles. The monoisotopic (exact) mass is 252 g/mol. The van der Waals surface area contributed by atoms with E-state index in [1.165, 1.54) is 12.8 Å². The molecule has 0 bridgehead atoms. The van der Waals surface area contributed by atoms with E-state index in [0.717, 1.165) is 12.5 Å². The van der Waals surface area contributed by atoms with Crippen LogP contribution in [0.1, 0.15) is 23.3 Å². The van der Waals surface area contributed by atoms with Crippen LogP contribution < -0.4 is 11.1 Å². The first-order valence-electron chi connectivity index (χ1n) is 6.37. The largest absolute Gasteiger partial charge is 0.379 e. The van der Waals surface area contributed by atoms with Crippen molar-refractivity contribution >= 4 is 5.91 Å². The van der Waals surface area contributed by atoms with Gasteiger partial charge in [-0.1, -0.05) is 0 Å². The first-order chi connectivity index (χ1) is 8.79. The molecule has 2 rings (SSSR count). The first-order valence-corrected chi connectivity index (χ1v) is 6.37. The van der Waals surface area contributed by atoms with Crippen molar-refractivity contribution in [2.24, 2.45) is 11.7 Å². The average Bonchev–Trinajstić information content (AvgIpc) is 3.07. The lowest BCUT2D eigenvalue weighted by molar-refractivity contribution is 0.0902. The van der Waals surface area contributed by atoms with Crippen molar-refractivity contribution in [3.8, 4) is 0 Å². The molecule has 0 aromatic carbocycles. The fourth-order valence-corrected chi connectivity index (χ4v) is 1.61. The van der Waals surface area contributed by atoms with E-state index in [1.54, 1.807) is 17.1 Å². The van der Waals surface area contributed by atoms with E-state index in [9.17, 15) is 4.79 Å². The molecule has 3 N–H and O–H groups in total. The number of nitrogens with two attached hydrogens (primary N) is 1. The topological polar surface area (TPSA) is 82.2 Å². The highest BCUT2D eigenvalue weighted by atomic mass is 16.5. The maximum Gasteiger partial charge on any atom is 0.271 e. The van der Waals surface area contributed by atoms with Gasteiger partial charge in [0, 0.05) is 32.4 Å². The number of carbonyl (C=O) groups is 1. The van der Waals surface area contributed by atoms with Gasteiger partial charge in [-0.2, -0.15) is 0 Å². The lowest BCUT2D eigenvalue weighted by Crippen LogP contribution is -2.27. The van der Waals surface area contributed by atoms with Crippen molar-refractivity contribution in [3.05, 3.63) is 18.2 Å². The van der Waals surface area contributed by atoms with E-state index in [-0.39, 0.29) is 5.91 Å². The Morgan fingerprint density at radius 3 is 3.17 bits per heavy atom. The van der Waals surface area contributed by atoms with Gasteiger partial charge in [0.05, 0.1) is 12.9 Å². The molecule has 0 aliphatic heterocycles. The van der Waals surface area contributed by atoms with Gasteiger partial charge in [-0.3, -0.25) is 4.79 Å². The fourth-order valence-electron chi connectivity index (χ4n) is 1.61. The molecule has 0 atom stereocenters. The van der Waals surface area contributed by atoms with Crippen molar-refractivity contribution in [2.75, 3.05) is 26.3 Å². The second-order valence-electron chi connectivity index (χ2n) is 4.56. The molecular weight excluding hydrogens is 232 g/mol. The summed E-state index contributed by atoms with van der Waals surface area (Å²) in [4.78, 5) is 15.7. The molecule has 1 amide bonds. The summed E-state index contributed by atoms with van der Waals surface area (Å²) in [6, 6.07) is 0. The van der Waals surface area contributed by atoms with Crippen LogP contribution in [0.5, 0.6) is 0 Å². The van der Waals surface area contributed by atoms with E-state index in [4.69, 9.17) is 10.5 Å². The molecule has 1 heterocycles. The fraction of sp³-hybridized carbons (Fsp3) is 0.667. The van der Waals surface area contributed by atoms with Crippen LogP contribution in [-0.4, -0.2) is 41.8 Å². The van der Waals surface area contributed by atoms with Gasteiger partial charge in [-0.25, -0.2) is 4.98 Å². The standard InChI is InChI=1S/C12H20N4O2/c13-3-5-16-7-11(15-9-16)12(17)14-4-6-18-8-10-1-2-10/h7,9-10H,1-6,8,13H2,(H,14,17). The molecule has 1 saturated carbocycles. The Labute approximate surface area is 107 Å². The number of rotatable bonds is 8. The minimum Gasteiger partial charge on any atom is -0.379 e. The van der Waals surface area contributed by atoms with Crippen molar-refractivity contribution in [1.82, 2.24) is 14.9 Å².